The first-order chi connectivity index (χ1) is 8.00. The Bertz CT molecular complexity index is 690. The van der Waals surface area contributed by atoms with E-state index in [4.69, 9.17) is 16.0 Å². The van der Waals surface area contributed by atoms with Gasteiger partial charge in [-0.1, -0.05) is 17.7 Å². The van der Waals surface area contributed by atoms with Gasteiger partial charge in [0.1, 0.15) is 10.2 Å². The molecule has 0 radical (unpaired) electrons. The van der Waals surface area contributed by atoms with E-state index in [1.165, 1.54) is 13.0 Å². The second-order valence-electron chi connectivity index (χ2n) is 3.36. The highest BCUT2D eigenvalue weighted by molar-refractivity contribution is 9.10. The summed E-state index contributed by atoms with van der Waals surface area (Å²) < 4.78 is 6.07. The van der Waals surface area contributed by atoms with Crippen molar-refractivity contribution in [3.05, 3.63) is 60.4 Å². The summed E-state index contributed by atoms with van der Waals surface area (Å²) in [6.07, 6.45) is 0. The van der Waals surface area contributed by atoms with Gasteiger partial charge in [-0.05, 0) is 41.1 Å². The smallest absolute Gasteiger partial charge is 0.413 e. The molecule has 0 N–H and O–H groups in total. The molecule has 6 heteroatoms. The molecule has 0 saturated carbocycles. The SMILES string of the molecule is Cc1oc(=O)n(-c2cccc(Cl)c2)c(=O)c1Br. The number of hydrogen-bond donors (Lipinski definition) is 0. The van der Waals surface area contributed by atoms with Gasteiger partial charge in [0.25, 0.3) is 5.56 Å². The molecule has 1 aromatic carbocycles. The molecule has 2 rings (SSSR count). The van der Waals surface area contributed by atoms with Gasteiger partial charge in [-0.2, -0.15) is 0 Å². The molecule has 4 nitrogen and oxygen atoms in total. The van der Waals surface area contributed by atoms with Crippen molar-refractivity contribution in [3.8, 4) is 5.69 Å². The van der Waals surface area contributed by atoms with E-state index >= 15 is 0 Å². The summed E-state index contributed by atoms with van der Waals surface area (Å²) in [7, 11) is 0. The van der Waals surface area contributed by atoms with Crippen molar-refractivity contribution in [1.82, 2.24) is 4.57 Å². The molecule has 0 atom stereocenters. The van der Waals surface area contributed by atoms with E-state index in [9.17, 15) is 9.59 Å². The van der Waals surface area contributed by atoms with E-state index in [1.807, 2.05) is 0 Å². The maximum Gasteiger partial charge on any atom is 0.426 e. The van der Waals surface area contributed by atoms with Crippen LogP contribution in [0, 0.1) is 6.92 Å². The normalized spacial score (nSPS) is 10.5. The van der Waals surface area contributed by atoms with Crippen LogP contribution in [0.5, 0.6) is 0 Å². The third-order valence-corrected chi connectivity index (χ3v) is 3.32. The van der Waals surface area contributed by atoms with Crippen LogP contribution < -0.4 is 11.3 Å². The molecule has 0 saturated heterocycles. The quantitative estimate of drug-likeness (QED) is 0.812. The zero-order valence-corrected chi connectivity index (χ0v) is 11.1. The number of rotatable bonds is 1. The molecule has 0 amide bonds. The fraction of sp³-hybridized carbons (Fsp3) is 0.0909. The predicted molar refractivity (Wildman–Crippen MR) is 68.0 cm³/mol. The van der Waals surface area contributed by atoms with E-state index in [0.29, 0.717) is 10.7 Å². The van der Waals surface area contributed by atoms with Crippen LogP contribution in [0.3, 0.4) is 0 Å². The maximum absolute atomic E-state index is 11.9. The van der Waals surface area contributed by atoms with Crippen molar-refractivity contribution < 1.29 is 4.42 Å². The van der Waals surface area contributed by atoms with E-state index < -0.39 is 11.3 Å². The number of benzene rings is 1. The van der Waals surface area contributed by atoms with Crippen molar-refractivity contribution in [2.24, 2.45) is 0 Å². The number of hydrogen-bond acceptors (Lipinski definition) is 3. The maximum atomic E-state index is 11.9. The molecule has 1 aromatic heterocycles. The van der Waals surface area contributed by atoms with E-state index in [1.54, 1.807) is 18.2 Å². The minimum atomic E-state index is -0.738. The fourth-order valence-electron chi connectivity index (χ4n) is 1.39. The fourth-order valence-corrected chi connectivity index (χ4v) is 1.83. The zero-order valence-electron chi connectivity index (χ0n) is 8.74. The summed E-state index contributed by atoms with van der Waals surface area (Å²) in [6, 6.07) is 6.42. The molecular formula is C11H7BrClNO3. The summed E-state index contributed by atoms with van der Waals surface area (Å²) in [6.45, 7) is 1.54. The van der Waals surface area contributed by atoms with Gasteiger partial charge in [0, 0.05) is 5.02 Å². The summed E-state index contributed by atoms with van der Waals surface area (Å²) in [4.78, 5) is 23.6. The molecule has 17 heavy (non-hydrogen) atoms. The summed E-state index contributed by atoms with van der Waals surface area (Å²) in [5.74, 6) is -0.490. The van der Waals surface area contributed by atoms with Crippen molar-refractivity contribution in [2.75, 3.05) is 0 Å². The monoisotopic (exact) mass is 315 g/mol. The van der Waals surface area contributed by atoms with Crippen LogP contribution in [0.15, 0.2) is 42.7 Å². The second kappa shape index (κ2) is 4.50. The highest BCUT2D eigenvalue weighted by Crippen LogP contribution is 2.14. The summed E-state index contributed by atoms with van der Waals surface area (Å²) in [5, 5.41) is 0.436. The Hall–Kier alpha value is -1.33. The van der Waals surface area contributed by atoms with E-state index in [-0.39, 0.29) is 10.2 Å². The Balaban J connectivity index is 2.82. The number of halogens is 2. The van der Waals surface area contributed by atoms with Crippen LogP contribution >= 0.6 is 27.5 Å². The Kier molecular flexibility index (Phi) is 3.22. The van der Waals surface area contributed by atoms with Crippen molar-refractivity contribution in [2.45, 2.75) is 6.92 Å². The molecule has 0 fully saturated rings. The molecule has 0 aliphatic carbocycles. The Morgan fingerprint density at radius 1 is 1.35 bits per heavy atom. The molecule has 0 aliphatic heterocycles. The van der Waals surface area contributed by atoms with Gasteiger partial charge < -0.3 is 4.42 Å². The lowest BCUT2D eigenvalue weighted by Crippen LogP contribution is -2.32. The standard InChI is InChI=1S/C11H7BrClNO3/c1-6-9(12)10(15)14(11(16)17-6)8-4-2-3-7(13)5-8/h2-5H,1H3. The zero-order chi connectivity index (χ0) is 12.6. The lowest BCUT2D eigenvalue weighted by Gasteiger charge is -2.05. The van der Waals surface area contributed by atoms with Crippen LogP contribution in [-0.2, 0) is 0 Å². The van der Waals surface area contributed by atoms with Crippen LogP contribution in [-0.4, -0.2) is 4.57 Å². The van der Waals surface area contributed by atoms with Gasteiger partial charge in [0.15, 0.2) is 0 Å². The molecule has 2 aromatic rings. The van der Waals surface area contributed by atoms with Crippen LogP contribution in [0.1, 0.15) is 5.76 Å². The Morgan fingerprint density at radius 2 is 2.06 bits per heavy atom. The molecule has 1 heterocycles. The topological polar surface area (TPSA) is 52.2 Å². The minimum Gasteiger partial charge on any atom is -0.413 e. The molecule has 88 valence electrons. The van der Waals surface area contributed by atoms with Crippen molar-refractivity contribution in [3.63, 3.8) is 0 Å². The van der Waals surface area contributed by atoms with Gasteiger partial charge in [-0.3, -0.25) is 4.79 Å². The Labute approximate surface area is 110 Å². The molecule has 0 bridgehead atoms. The highest BCUT2D eigenvalue weighted by Gasteiger charge is 2.12. The molecule has 0 spiro atoms. The van der Waals surface area contributed by atoms with Gasteiger partial charge in [0.2, 0.25) is 0 Å². The third kappa shape index (κ3) is 2.21. The number of aryl methyl sites for hydroxylation is 1. The van der Waals surface area contributed by atoms with Crippen molar-refractivity contribution >= 4 is 27.5 Å². The third-order valence-electron chi connectivity index (χ3n) is 2.19. The highest BCUT2D eigenvalue weighted by atomic mass is 79.9. The van der Waals surface area contributed by atoms with Gasteiger partial charge in [-0.15, -0.1) is 0 Å². The lowest BCUT2D eigenvalue weighted by atomic mass is 10.3. The molecule has 0 unspecified atom stereocenters. The largest absolute Gasteiger partial charge is 0.426 e. The summed E-state index contributed by atoms with van der Waals surface area (Å²) >= 11 is 8.89. The first-order valence-electron chi connectivity index (χ1n) is 4.69. The number of aromatic nitrogens is 1. The Morgan fingerprint density at radius 3 is 2.71 bits per heavy atom. The first kappa shape index (κ1) is 12.1. The van der Waals surface area contributed by atoms with Gasteiger partial charge >= 0.3 is 5.76 Å². The molecule has 0 aliphatic rings. The van der Waals surface area contributed by atoms with Crippen LogP contribution in [0.4, 0.5) is 0 Å². The first-order valence-corrected chi connectivity index (χ1v) is 5.86. The molecular weight excluding hydrogens is 309 g/mol. The van der Waals surface area contributed by atoms with Gasteiger partial charge in [-0.25, -0.2) is 9.36 Å². The van der Waals surface area contributed by atoms with E-state index in [0.717, 1.165) is 4.57 Å². The van der Waals surface area contributed by atoms with Crippen LogP contribution in [0.25, 0.3) is 5.69 Å². The van der Waals surface area contributed by atoms with E-state index in [2.05, 4.69) is 15.9 Å². The number of nitrogens with zero attached hydrogens (tertiary/aromatic N) is 1. The minimum absolute atomic E-state index is 0.220. The van der Waals surface area contributed by atoms with Crippen molar-refractivity contribution in [1.29, 1.82) is 0 Å². The predicted octanol–water partition coefficient (Wildman–Crippen LogP) is 2.52. The van der Waals surface area contributed by atoms with Crippen LogP contribution in [0.2, 0.25) is 5.02 Å². The summed E-state index contributed by atoms with van der Waals surface area (Å²) in [5.41, 5.74) is -0.0991. The average Bonchev–Trinajstić information content (AvgIpc) is 2.26. The van der Waals surface area contributed by atoms with Gasteiger partial charge in [0.05, 0.1) is 5.69 Å². The lowest BCUT2D eigenvalue weighted by molar-refractivity contribution is 0.428. The second-order valence-corrected chi connectivity index (χ2v) is 4.59. The average molecular weight is 317 g/mol.